The minimum Gasteiger partial charge on any atom is -0.465 e. The molecule has 0 spiro atoms. The first-order valence-corrected chi connectivity index (χ1v) is 11.0. The quantitative estimate of drug-likeness (QED) is 0.332. The maximum atomic E-state index is 12.5. The number of hydrogen-bond donors (Lipinski definition) is 0. The van der Waals surface area contributed by atoms with Gasteiger partial charge in [-0.25, -0.2) is 4.79 Å². The normalized spacial score (nSPS) is 11.7. The summed E-state index contributed by atoms with van der Waals surface area (Å²) in [5.41, 5.74) is 1.27. The molecule has 0 unspecified atom stereocenters. The van der Waals surface area contributed by atoms with Gasteiger partial charge >= 0.3 is 11.0 Å². The van der Waals surface area contributed by atoms with Crippen LogP contribution in [0.25, 0.3) is 10.2 Å². The number of carbonyl (C=O) groups excluding carboxylic acids is 2. The van der Waals surface area contributed by atoms with E-state index in [1.165, 1.54) is 30.6 Å². The number of nitrogens with zero attached hydrogens (tertiary/aromatic N) is 3. The number of hydrogen-bond acceptors (Lipinski definition) is 8. The second-order valence-corrected chi connectivity index (χ2v) is 8.57. The minimum absolute atomic E-state index is 0.104. The van der Waals surface area contributed by atoms with Gasteiger partial charge in [0.05, 0.1) is 27.8 Å². The van der Waals surface area contributed by atoms with Crippen LogP contribution in [0.15, 0.2) is 35.3 Å². The Labute approximate surface area is 171 Å². The van der Waals surface area contributed by atoms with Gasteiger partial charge in [0.15, 0.2) is 4.80 Å². The molecule has 0 fully saturated rings. The average Bonchev–Trinajstić information content (AvgIpc) is 3.30. The van der Waals surface area contributed by atoms with Crippen LogP contribution in [0.2, 0.25) is 0 Å². The Morgan fingerprint density at radius 2 is 2.07 bits per heavy atom. The van der Waals surface area contributed by atoms with E-state index >= 15 is 0 Å². The fraction of sp³-hybridized carbons (Fsp3) is 0.235. The van der Waals surface area contributed by atoms with Crippen molar-refractivity contribution in [3.05, 3.63) is 55.7 Å². The zero-order chi connectivity index (χ0) is 20.3. The fourth-order valence-corrected chi connectivity index (χ4v) is 4.65. The maximum Gasteiger partial charge on any atom is 0.337 e. The molecular weight excluding hydrogens is 422 g/mol. The summed E-state index contributed by atoms with van der Waals surface area (Å²) in [6, 6.07) is 7.88. The van der Waals surface area contributed by atoms with Gasteiger partial charge in [-0.05, 0) is 30.5 Å². The molecule has 0 atom stereocenters. The number of aromatic nitrogens is 1. The maximum absolute atomic E-state index is 12.5. The number of thiophene rings is 1. The Kier molecular flexibility index (Phi) is 6.27. The van der Waals surface area contributed by atoms with Crippen molar-refractivity contribution in [2.45, 2.75) is 6.54 Å². The number of carbonyl (C=O) groups is 2. The fourth-order valence-electron chi connectivity index (χ4n) is 2.48. The molecule has 2 heterocycles. The van der Waals surface area contributed by atoms with Crippen LogP contribution in [0, 0.1) is 10.1 Å². The highest BCUT2D eigenvalue weighted by Gasteiger charge is 2.16. The monoisotopic (exact) mass is 437 g/mol. The third kappa shape index (κ3) is 4.16. The smallest absolute Gasteiger partial charge is 0.337 e. The van der Waals surface area contributed by atoms with Crippen molar-refractivity contribution >= 4 is 61.5 Å². The van der Waals surface area contributed by atoms with E-state index in [1.54, 1.807) is 30.0 Å². The number of fused-ring (bicyclic) bond motifs is 1. The number of rotatable bonds is 6. The molecule has 2 aromatic heterocycles. The van der Waals surface area contributed by atoms with Crippen LogP contribution < -0.4 is 4.80 Å². The van der Waals surface area contributed by atoms with Crippen molar-refractivity contribution in [2.24, 2.45) is 4.99 Å². The predicted molar refractivity (Wildman–Crippen MR) is 110 cm³/mol. The van der Waals surface area contributed by atoms with Crippen LogP contribution in [-0.4, -0.2) is 40.5 Å². The summed E-state index contributed by atoms with van der Waals surface area (Å²) >= 11 is 3.74. The van der Waals surface area contributed by atoms with E-state index < -0.39 is 16.8 Å². The second-order valence-electron chi connectivity index (χ2n) is 5.52. The molecule has 0 aliphatic carbocycles. The Morgan fingerprint density at radius 3 is 2.71 bits per heavy atom. The summed E-state index contributed by atoms with van der Waals surface area (Å²) in [6.45, 7) is 0.634. The van der Waals surface area contributed by atoms with Crippen molar-refractivity contribution in [2.75, 3.05) is 19.1 Å². The SMILES string of the molecule is COC(=O)c1ccc2c(c1)sc(=NC(=O)c1ccc([N+](=O)[O-])s1)n2CCSC. The molecule has 146 valence electrons. The lowest BCUT2D eigenvalue weighted by Crippen LogP contribution is -2.18. The molecule has 0 bridgehead atoms. The first kappa shape index (κ1) is 20.2. The number of methoxy groups -OCH3 is 1. The first-order valence-electron chi connectivity index (χ1n) is 7.98. The van der Waals surface area contributed by atoms with Crippen molar-refractivity contribution in [1.82, 2.24) is 4.57 Å². The Bertz CT molecular complexity index is 1130. The van der Waals surface area contributed by atoms with Gasteiger partial charge in [0.25, 0.3) is 5.91 Å². The van der Waals surface area contributed by atoms with Gasteiger partial charge in [-0.2, -0.15) is 16.8 Å². The number of nitro groups is 1. The van der Waals surface area contributed by atoms with Gasteiger partial charge in [-0.15, -0.1) is 0 Å². The lowest BCUT2D eigenvalue weighted by Gasteiger charge is -2.04. The molecule has 1 amide bonds. The summed E-state index contributed by atoms with van der Waals surface area (Å²) in [5, 5.41) is 10.7. The average molecular weight is 438 g/mol. The van der Waals surface area contributed by atoms with E-state index in [4.69, 9.17) is 4.74 Å². The molecule has 3 aromatic rings. The second kappa shape index (κ2) is 8.67. The zero-order valence-corrected chi connectivity index (χ0v) is 17.4. The number of aryl methyl sites for hydroxylation is 1. The predicted octanol–water partition coefficient (Wildman–Crippen LogP) is 3.56. The number of esters is 1. The van der Waals surface area contributed by atoms with E-state index in [2.05, 4.69) is 4.99 Å². The highest BCUT2D eigenvalue weighted by atomic mass is 32.2. The molecule has 0 aliphatic heterocycles. The van der Waals surface area contributed by atoms with E-state index in [0.29, 0.717) is 16.9 Å². The third-order valence-corrected chi connectivity index (χ3v) is 6.46. The molecule has 0 aliphatic rings. The Morgan fingerprint density at radius 1 is 1.29 bits per heavy atom. The van der Waals surface area contributed by atoms with Gasteiger partial charge in [0.2, 0.25) is 0 Å². The summed E-state index contributed by atoms with van der Waals surface area (Å²) in [5.74, 6) is -0.154. The van der Waals surface area contributed by atoms with Crippen molar-refractivity contribution in [3.8, 4) is 0 Å². The van der Waals surface area contributed by atoms with Crippen LogP contribution in [0.3, 0.4) is 0 Å². The number of amides is 1. The van der Waals surface area contributed by atoms with Gasteiger partial charge < -0.3 is 9.30 Å². The van der Waals surface area contributed by atoms with Gasteiger partial charge in [0, 0.05) is 18.4 Å². The van der Waals surface area contributed by atoms with E-state index in [9.17, 15) is 19.7 Å². The van der Waals surface area contributed by atoms with E-state index in [0.717, 1.165) is 27.3 Å². The van der Waals surface area contributed by atoms with E-state index in [1.807, 2.05) is 10.8 Å². The lowest BCUT2D eigenvalue weighted by molar-refractivity contribution is -0.380. The molecule has 0 N–H and O–H groups in total. The Balaban J connectivity index is 2.08. The molecular formula is C17H15N3O5S3. The summed E-state index contributed by atoms with van der Waals surface area (Å²) in [7, 11) is 1.32. The lowest BCUT2D eigenvalue weighted by atomic mass is 10.2. The van der Waals surface area contributed by atoms with Crippen molar-refractivity contribution in [3.63, 3.8) is 0 Å². The van der Waals surface area contributed by atoms with Crippen molar-refractivity contribution in [1.29, 1.82) is 0 Å². The molecule has 8 nitrogen and oxygen atoms in total. The Hall–Kier alpha value is -2.50. The number of benzene rings is 1. The van der Waals surface area contributed by atoms with Gasteiger partial charge in [0.1, 0.15) is 4.88 Å². The van der Waals surface area contributed by atoms with Crippen LogP contribution in [0.4, 0.5) is 5.00 Å². The largest absolute Gasteiger partial charge is 0.465 e. The minimum atomic E-state index is -0.534. The summed E-state index contributed by atoms with van der Waals surface area (Å²) in [4.78, 5) is 39.5. The molecule has 11 heteroatoms. The molecule has 0 saturated heterocycles. The highest BCUT2D eigenvalue weighted by Crippen LogP contribution is 2.25. The zero-order valence-electron chi connectivity index (χ0n) is 14.9. The number of thiazole rings is 1. The molecule has 3 rings (SSSR count). The van der Waals surface area contributed by atoms with Gasteiger partial charge in [-0.3, -0.25) is 14.9 Å². The highest BCUT2D eigenvalue weighted by molar-refractivity contribution is 7.98. The first-order chi connectivity index (χ1) is 13.4. The van der Waals surface area contributed by atoms with Crippen LogP contribution in [0.1, 0.15) is 20.0 Å². The number of thioether (sulfide) groups is 1. The summed E-state index contributed by atoms with van der Waals surface area (Å²) in [6.07, 6.45) is 1.98. The summed E-state index contributed by atoms with van der Waals surface area (Å²) < 4.78 is 7.47. The van der Waals surface area contributed by atoms with E-state index in [-0.39, 0.29) is 9.88 Å². The van der Waals surface area contributed by atoms with Crippen molar-refractivity contribution < 1.29 is 19.2 Å². The molecule has 1 aromatic carbocycles. The van der Waals surface area contributed by atoms with Gasteiger partial charge in [-0.1, -0.05) is 22.7 Å². The molecule has 0 saturated carbocycles. The topological polar surface area (TPSA) is 104 Å². The van der Waals surface area contributed by atoms with Crippen LogP contribution in [0.5, 0.6) is 0 Å². The van der Waals surface area contributed by atoms with Crippen LogP contribution in [-0.2, 0) is 11.3 Å². The third-order valence-electron chi connectivity index (χ3n) is 3.80. The molecule has 0 radical (unpaired) electrons. The van der Waals surface area contributed by atoms with Crippen LogP contribution >= 0.6 is 34.4 Å². The molecule has 28 heavy (non-hydrogen) atoms. The standard InChI is InChI=1S/C17H15N3O5S3/c1-25-16(22)10-3-4-11-13(9-10)28-17(19(11)7-8-26-2)18-15(21)12-5-6-14(27-12)20(23)24/h3-6,9H,7-8H2,1-2H3. The number of ether oxygens (including phenoxy) is 1.